The molecule has 0 saturated heterocycles. The lowest BCUT2D eigenvalue weighted by atomic mass is 10.2. The molecule has 0 atom stereocenters. The lowest BCUT2D eigenvalue weighted by Gasteiger charge is -2.20. The Morgan fingerprint density at radius 2 is 1.58 bits per heavy atom. The summed E-state index contributed by atoms with van der Waals surface area (Å²) in [6.45, 7) is 3.97. The highest BCUT2D eigenvalue weighted by Crippen LogP contribution is 2.19. The van der Waals surface area contributed by atoms with Gasteiger partial charge in [-0.3, -0.25) is 4.79 Å². The normalized spacial score (nSPS) is 11.3. The first-order chi connectivity index (χ1) is 14.9. The van der Waals surface area contributed by atoms with Gasteiger partial charge >= 0.3 is 0 Å². The SMILES string of the molecule is CCN(CC(=O)Nc1ccc(OCc2ccccc2)cc1)S(=O)(=O)c1ccc(C)cc1. The molecule has 162 valence electrons. The van der Waals surface area contributed by atoms with Crippen molar-refractivity contribution in [2.75, 3.05) is 18.4 Å². The number of hydrogen-bond donors (Lipinski definition) is 1. The van der Waals surface area contributed by atoms with Gasteiger partial charge in [0.05, 0.1) is 11.4 Å². The molecule has 3 rings (SSSR count). The molecule has 3 aromatic carbocycles. The molecule has 0 aromatic heterocycles. The van der Waals surface area contributed by atoms with Gasteiger partial charge in [-0.15, -0.1) is 0 Å². The number of ether oxygens (including phenoxy) is 1. The number of rotatable bonds is 9. The van der Waals surface area contributed by atoms with Crippen LogP contribution in [0.3, 0.4) is 0 Å². The number of carbonyl (C=O) groups is 1. The molecule has 0 heterocycles. The lowest BCUT2D eigenvalue weighted by molar-refractivity contribution is -0.116. The van der Waals surface area contributed by atoms with Crippen LogP contribution in [0.2, 0.25) is 0 Å². The van der Waals surface area contributed by atoms with Crippen LogP contribution in [0.5, 0.6) is 5.75 Å². The van der Waals surface area contributed by atoms with Crippen LogP contribution in [0.25, 0.3) is 0 Å². The summed E-state index contributed by atoms with van der Waals surface area (Å²) in [5, 5.41) is 2.74. The van der Waals surface area contributed by atoms with E-state index < -0.39 is 15.9 Å². The Hall–Kier alpha value is -3.16. The van der Waals surface area contributed by atoms with Gasteiger partial charge in [-0.2, -0.15) is 4.31 Å². The summed E-state index contributed by atoms with van der Waals surface area (Å²) in [5.41, 5.74) is 2.60. The van der Waals surface area contributed by atoms with Crippen molar-refractivity contribution in [3.8, 4) is 5.75 Å². The Balaban J connectivity index is 1.58. The van der Waals surface area contributed by atoms with Gasteiger partial charge < -0.3 is 10.1 Å². The molecule has 0 bridgehead atoms. The second-order valence-electron chi connectivity index (χ2n) is 7.09. The summed E-state index contributed by atoms with van der Waals surface area (Å²) in [6, 6.07) is 23.4. The van der Waals surface area contributed by atoms with E-state index in [4.69, 9.17) is 4.74 Å². The fraction of sp³-hybridized carbons (Fsp3) is 0.208. The number of nitrogens with zero attached hydrogens (tertiary/aromatic N) is 1. The van der Waals surface area contributed by atoms with Gasteiger partial charge in [0.15, 0.2) is 0 Å². The van der Waals surface area contributed by atoms with Crippen LogP contribution in [-0.4, -0.2) is 31.7 Å². The van der Waals surface area contributed by atoms with Crippen molar-refractivity contribution in [3.05, 3.63) is 90.0 Å². The van der Waals surface area contributed by atoms with Gasteiger partial charge in [0.1, 0.15) is 12.4 Å². The fourth-order valence-electron chi connectivity index (χ4n) is 2.96. The maximum atomic E-state index is 12.8. The molecule has 0 fully saturated rings. The Labute approximate surface area is 183 Å². The smallest absolute Gasteiger partial charge is 0.243 e. The first kappa shape index (κ1) is 22.5. The molecule has 0 aliphatic rings. The first-order valence-corrected chi connectivity index (χ1v) is 11.5. The minimum atomic E-state index is -3.74. The Morgan fingerprint density at radius 3 is 2.19 bits per heavy atom. The zero-order valence-electron chi connectivity index (χ0n) is 17.6. The number of sulfonamides is 1. The monoisotopic (exact) mass is 438 g/mol. The Kier molecular flexibility index (Phi) is 7.44. The molecule has 0 aliphatic carbocycles. The molecule has 0 radical (unpaired) electrons. The molecule has 6 nitrogen and oxygen atoms in total. The van der Waals surface area contributed by atoms with Crippen molar-refractivity contribution < 1.29 is 17.9 Å². The average molecular weight is 439 g/mol. The lowest BCUT2D eigenvalue weighted by Crippen LogP contribution is -2.37. The minimum absolute atomic E-state index is 0.174. The van der Waals surface area contributed by atoms with E-state index in [1.807, 2.05) is 37.3 Å². The number of anilines is 1. The van der Waals surface area contributed by atoms with Crippen LogP contribution >= 0.6 is 0 Å². The van der Waals surface area contributed by atoms with Crippen LogP contribution in [0.15, 0.2) is 83.8 Å². The van der Waals surface area contributed by atoms with E-state index >= 15 is 0 Å². The number of carbonyl (C=O) groups excluding carboxylic acids is 1. The third kappa shape index (κ3) is 6.16. The molecule has 0 spiro atoms. The van der Waals surface area contributed by atoms with Gasteiger partial charge in [-0.25, -0.2) is 8.42 Å². The van der Waals surface area contributed by atoms with Crippen molar-refractivity contribution in [2.24, 2.45) is 0 Å². The van der Waals surface area contributed by atoms with E-state index in [1.54, 1.807) is 55.5 Å². The van der Waals surface area contributed by atoms with Gasteiger partial charge in [-0.1, -0.05) is 55.0 Å². The molecule has 31 heavy (non-hydrogen) atoms. The van der Waals surface area contributed by atoms with E-state index in [-0.39, 0.29) is 18.0 Å². The average Bonchev–Trinajstić information content (AvgIpc) is 2.78. The minimum Gasteiger partial charge on any atom is -0.489 e. The zero-order chi connectivity index (χ0) is 22.3. The number of likely N-dealkylation sites (N-methyl/N-ethyl adjacent to an activating group) is 1. The zero-order valence-corrected chi connectivity index (χ0v) is 18.4. The summed E-state index contributed by atoms with van der Waals surface area (Å²) < 4.78 is 32.5. The van der Waals surface area contributed by atoms with Crippen LogP contribution < -0.4 is 10.1 Å². The summed E-state index contributed by atoms with van der Waals surface area (Å²) in [4.78, 5) is 12.6. The van der Waals surface area contributed by atoms with E-state index in [2.05, 4.69) is 5.32 Å². The molecule has 1 amide bonds. The molecule has 1 N–H and O–H groups in total. The maximum Gasteiger partial charge on any atom is 0.243 e. The number of aryl methyl sites for hydroxylation is 1. The highest BCUT2D eigenvalue weighted by molar-refractivity contribution is 7.89. The number of benzene rings is 3. The van der Waals surface area contributed by atoms with Crippen molar-refractivity contribution in [1.29, 1.82) is 0 Å². The van der Waals surface area contributed by atoms with Crippen LogP contribution in [-0.2, 0) is 21.4 Å². The maximum absolute atomic E-state index is 12.8. The van der Waals surface area contributed by atoms with Crippen LogP contribution in [0.4, 0.5) is 5.69 Å². The number of amides is 1. The van der Waals surface area contributed by atoms with Gasteiger partial charge in [0, 0.05) is 12.2 Å². The Bertz CT molecular complexity index is 1100. The van der Waals surface area contributed by atoms with E-state index in [0.717, 1.165) is 15.4 Å². The highest BCUT2D eigenvalue weighted by atomic mass is 32.2. The molecular weight excluding hydrogens is 412 g/mol. The van der Waals surface area contributed by atoms with Gasteiger partial charge in [0.25, 0.3) is 0 Å². The molecule has 7 heteroatoms. The second-order valence-corrected chi connectivity index (χ2v) is 9.03. The summed E-state index contributed by atoms with van der Waals surface area (Å²) >= 11 is 0. The summed E-state index contributed by atoms with van der Waals surface area (Å²) in [6.07, 6.45) is 0. The third-order valence-electron chi connectivity index (χ3n) is 4.72. The van der Waals surface area contributed by atoms with Crippen LogP contribution in [0.1, 0.15) is 18.1 Å². The number of hydrogen-bond acceptors (Lipinski definition) is 4. The third-order valence-corrected chi connectivity index (χ3v) is 6.65. The van der Waals surface area contributed by atoms with Crippen molar-refractivity contribution in [2.45, 2.75) is 25.3 Å². The van der Waals surface area contributed by atoms with Gasteiger partial charge in [-0.05, 0) is 48.9 Å². The highest BCUT2D eigenvalue weighted by Gasteiger charge is 2.25. The quantitative estimate of drug-likeness (QED) is 0.543. The molecular formula is C24H26N2O4S. The molecule has 0 unspecified atom stereocenters. The predicted octanol–water partition coefficient (Wildman–Crippen LogP) is 4.22. The van der Waals surface area contributed by atoms with E-state index in [1.165, 1.54) is 0 Å². The molecule has 0 saturated carbocycles. The summed E-state index contributed by atoms with van der Waals surface area (Å²) in [7, 11) is -3.74. The Morgan fingerprint density at radius 1 is 0.935 bits per heavy atom. The largest absolute Gasteiger partial charge is 0.489 e. The predicted molar refractivity (Wildman–Crippen MR) is 121 cm³/mol. The van der Waals surface area contributed by atoms with Gasteiger partial charge in [0.2, 0.25) is 15.9 Å². The summed E-state index contributed by atoms with van der Waals surface area (Å²) in [5.74, 6) is 0.273. The van der Waals surface area contributed by atoms with E-state index in [9.17, 15) is 13.2 Å². The number of nitrogens with one attached hydrogen (secondary N) is 1. The first-order valence-electron chi connectivity index (χ1n) is 10.0. The molecule has 3 aromatic rings. The molecule has 0 aliphatic heterocycles. The second kappa shape index (κ2) is 10.2. The standard InChI is InChI=1S/C24H26N2O4S/c1-3-26(31(28,29)23-15-9-19(2)10-16-23)17-24(27)25-21-11-13-22(14-12-21)30-18-20-7-5-4-6-8-20/h4-16H,3,17-18H2,1-2H3,(H,25,27). The van der Waals surface area contributed by atoms with Crippen molar-refractivity contribution in [1.82, 2.24) is 4.31 Å². The van der Waals surface area contributed by atoms with Crippen molar-refractivity contribution in [3.63, 3.8) is 0 Å². The topological polar surface area (TPSA) is 75.7 Å². The van der Waals surface area contributed by atoms with Crippen LogP contribution in [0, 0.1) is 6.92 Å². The van der Waals surface area contributed by atoms with E-state index in [0.29, 0.717) is 18.0 Å². The van der Waals surface area contributed by atoms with Crippen molar-refractivity contribution >= 4 is 21.6 Å². The fourth-order valence-corrected chi connectivity index (χ4v) is 4.37.